The summed E-state index contributed by atoms with van der Waals surface area (Å²) in [5.74, 6) is -2.22. The number of hydrogen-bond acceptors (Lipinski definition) is 6. The molecule has 1 aliphatic heterocycles. The van der Waals surface area contributed by atoms with Crippen LogP contribution < -0.4 is 0 Å². The van der Waals surface area contributed by atoms with Crippen molar-refractivity contribution in [2.45, 2.75) is 207 Å². The SMILES string of the molecule is CCCCC/C=C\CCC(CC/C=C\CCCCC)OC(=O)C1CN(C(=O)CCCN(C)C)CC1C(=O)OC(CC/C=C\CCCCC)CC/C=C\CCCCC. The van der Waals surface area contributed by atoms with E-state index in [0.717, 1.165) is 90.0 Å². The first-order valence-corrected chi connectivity index (χ1v) is 23.7. The molecule has 0 saturated carbocycles. The zero-order valence-electron chi connectivity index (χ0n) is 37.9. The molecule has 1 saturated heterocycles. The van der Waals surface area contributed by atoms with Crippen LogP contribution in [0.2, 0.25) is 0 Å². The van der Waals surface area contributed by atoms with Gasteiger partial charge in [-0.05, 0) is 130 Å². The molecule has 0 radical (unpaired) electrons. The molecule has 0 aromatic heterocycles. The number of nitrogens with zero attached hydrogens (tertiary/aromatic N) is 2. The fourth-order valence-electron chi connectivity index (χ4n) is 7.34. The van der Waals surface area contributed by atoms with Crippen molar-refractivity contribution in [1.82, 2.24) is 9.80 Å². The van der Waals surface area contributed by atoms with Crippen LogP contribution in [-0.2, 0) is 23.9 Å². The number of carbonyl (C=O) groups is 3. The molecule has 0 aromatic rings. The van der Waals surface area contributed by atoms with Crippen LogP contribution in [0.15, 0.2) is 48.6 Å². The Bertz CT molecular complexity index is 1010. The zero-order valence-corrected chi connectivity index (χ0v) is 37.9. The summed E-state index contributed by atoms with van der Waals surface area (Å²) in [6, 6.07) is 0. The summed E-state index contributed by atoms with van der Waals surface area (Å²) >= 11 is 0. The first kappa shape index (κ1) is 52.3. The van der Waals surface area contributed by atoms with Gasteiger partial charge in [-0.1, -0.05) is 128 Å². The second kappa shape index (κ2) is 36.4. The molecule has 57 heavy (non-hydrogen) atoms. The normalized spacial score (nSPS) is 16.3. The second-order valence-electron chi connectivity index (χ2n) is 16.7. The minimum absolute atomic E-state index is 0.0131. The number of hydrogen-bond donors (Lipinski definition) is 0. The van der Waals surface area contributed by atoms with E-state index in [9.17, 15) is 14.4 Å². The zero-order chi connectivity index (χ0) is 41.8. The Morgan fingerprint density at radius 2 is 0.825 bits per heavy atom. The van der Waals surface area contributed by atoms with Gasteiger partial charge in [0, 0.05) is 19.5 Å². The van der Waals surface area contributed by atoms with Gasteiger partial charge in [0.2, 0.25) is 5.91 Å². The maximum absolute atomic E-state index is 14.2. The van der Waals surface area contributed by atoms with E-state index >= 15 is 0 Å². The molecule has 1 rings (SSSR count). The largest absolute Gasteiger partial charge is 0.462 e. The van der Waals surface area contributed by atoms with Gasteiger partial charge in [-0.2, -0.15) is 0 Å². The number of esters is 2. The van der Waals surface area contributed by atoms with Crippen LogP contribution in [0, 0.1) is 11.8 Å². The number of allylic oxidation sites excluding steroid dienone is 8. The Hall–Kier alpha value is -2.67. The molecule has 0 N–H and O–H groups in total. The van der Waals surface area contributed by atoms with Crippen molar-refractivity contribution in [2.75, 3.05) is 33.7 Å². The number of rotatable bonds is 36. The van der Waals surface area contributed by atoms with Crippen LogP contribution in [0.5, 0.6) is 0 Å². The van der Waals surface area contributed by atoms with E-state index in [1.54, 1.807) is 4.90 Å². The molecule has 328 valence electrons. The Kier molecular flexibility index (Phi) is 33.4. The summed E-state index contributed by atoms with van der Waals surface area (Å²) in [6.07, 6.45) is 43.8. The smallest absolute Gasteiger partial charge is 0.311 e. The summed E-state index contributed by atoms with van der Waals surface area (Å²) < 4.78 is 12.6. The van der Waals surface area contributed by atoms with E-state index < -0.39 is 11.8 Å². The monoisotopic (exact) mass is 797 g/mol. The molecular weight excluding hydrogens is 709 g/mol. The van der Waals surface area contributed by atoms with Crippen molar-refractivity contribution < 1.29 is 23.9 Å². The fraction of sp³-hybridized carbons (Fsp3) is 0.780. The predicted molar refractivity (Wildman–Crippen MR) is 241 cm³/mol. The van der Waals surface area contributed by atoms with Crippen LogP contribution >= 0.6 is 0 Å². The lowest BCUT2D eigenvalue weighted by Crippen LogP contribution is -2.35. The minimum Gasteiger partial charge on any atom is -0.462 e. The van der Waals surface area contributed by atoms with E-state index in [1.165, 1.54) is 77.0 Å². The molecular formula is C50H88N2O5. The lowest BCUT2D eigenvalue weighted by molar-refractivity contribution is -0.165. The highest BCUT2D eigenvalue weighted by molar-refractivity contribution is 5.86. The Labute approximate surface area is 351 Å². The van der Waals surface area contributed by atoms with Crippen molar-refractivity contribution in [3.63, 3.8) is 0 Å². The quantitative estimate of drug-likeness (QED) is 0.0357. The van der Waals surface area contributed by atoms with Gasteiger partial charge in [0.1, 0.15) is 12.2 Å². The van der Waals surface area contributed by atoms with E-state index in [1.807, 2.05) is 14.1 Å². The molecule has 1 aliphatic rings. The highest BCUT2D eigenvalue weighted by atomic mass is 16.6. The van der Waals surface area contributed by atoms with Crippen LogP contribution in [0.25, 0.3) is 0 Å². The molecule has 0 bridgehead atoms. The van der Waals surface area contributed by atoms with Crippen LogP contribution in [-0.4, -0.2) is 73.6 Å². The van der Waals surface area contributed by atoms with Crippen LogP contribution in [0.3, 0.4) is 0 Å². The molecule has 7 heteroatoms. The standard InChI is InChI=1S/C50H88N2O5/c1-7-11-15-19-23-27-31-36-44(37-32-28-24-20-16-12-8-2)56-49(54)46-42-52(48(53)40-35-41-51(5)6)43-47(46)50(55)57-45(38-33-29-25-21-17-13-9-3)39-34-30-26-22-18-14-10-4/h23-30,44-47H,7-22,31-43H2,1-6H3/b27-23-,28-24-,29-25-,30-26-. The van der Waals surface area contributed by atoms with Gasteiger partial charge >= 0.3 is 11.9 Å². The Morgan fingerprint density at radius 1 is 0.509 bits per heavy atom. The van der Waals surface area contributed by atoms with Gasteiger partial charge in [-0.15, -0.1) is 0 Å². The van der Waals surface area contributed by atoms with Gasteiger partial charge in [-0.25, -0.2) is 0 Å². The van der Waals surface area contributed by atoms with Crippen LogP contribution in [0.4, 0.5) is 0 Å². The third-order valence-electron chi connectivity index (χ3n) is 11.0. The number of likely N-dealkylation sites (tertiary alicyclic amines) is 1. The first-order valence-electron chi connectivity index (χ1n) is 23.7. The van der Waals surface area contributed by atoms with Crippen molar-refractivity contribution in [2.24, 2.45) is 11.8 Å². The maximum atomic E-state index is 14.2. The third kappa shape index (κ3) is 27.6. The van der Waals surface area contributed by atoms with Gasteiger partial charge in [0.05, 0.1) is 11.8 Å². The van der Waals surface area contributed by atoms with Crippen molar-refractivity contribution >= 4 is 17.8 Å². The van der Waals surface area contributed by atoms with Gasteiger partial charge in [0.15, 0.2) is 0 Å². The fourth-order valence-corrected chi connectivity index (χ4v) is 7.34. The number of unbranched alkanes of at least 4 members (excludes halogenated alkanes) is 12. The highest BCUT2D eigenvalue weighted by Gasteiger charge is 2.46. The Morgan fingerprint density at radius 3 is 1.12 bits per heavy atom. The average Bonchev–Trinajstić information content (AvgIpc) is 3.65. The van der Waals surface area contributed by atoms with Crippen molar-refractivity contribution in [3.05, 3.63) is 48.6 Å². The second-order valence-corrected chi connectivity index (χ2v) is 16.7. The Balaban J connectivity index is 3.16. The molecule has 1 amide bonds. The summed E-state index contributed by atoms with van der Waals surface area (Å²) in [5.41, 5.74) is 0. The van der Waals surface area contributed by atoms with E-state index in [0.29, 0.717) is 6.42 Å². The predicted octanol–water partition coefficient (Wildman–Crippen LogP) is 12.9. The average molecular weight is 797 g/mol. The third-order valence-corrected chi connectivity index (χ3v) is 11.0. The summed E-state index contributed by atoms with van der Waals surface area (Å²) in [4.78, 5) is 45.5. The van der Waals surface area contributed by atoms with E-state index in [-0.39, 0.29) is 43.1 Å². The lowest BCUT2D eigenvalue weighted by atomic mass is 9.95. The molecule has 0 aliphatic carbocycles. The molecule has 1 fully saturated rings. The van der Waals surface area contributed by atoms with Gasteiger partial charge < -0.3 is 19.3 Å². The summed E-state index contributed by atoms with van der Waals surface area (Å²) in [7, 11) is 4.00. The first-order chi connectivity index (χ1) is 27.8. The molecule has 2 atom stereocenters. The maximum Gasteiger partial charge on any atom is 0.311 e. The number of amides is 1. The molecule has 0 spiro atoms. The molecule has 0 aromatic carbocycles. The van der Waals surface area contributed by atoms with E-state index in [2.05, 4.69) is 81.2 Å². The highest BCUT2D eigenvalue weighted by Crippen LogP contribution is 2.30. The van der Waals surface area contributed by atoms with E-state index in [4.69, 9.17) is 9.47 Å². The van der Waals surface area contributed by atoms with Gasteiger partial charge in [0.25, 0.3) is 0 Å². The summed E-state index contributed by atoms with van der Waals surface area (Å²) in [6.45, 7) is 10.1. The number of carbonyl (C=O) groups excluding carboxylic acids is 3. The molecule has 7 nitrogen and oxygen atoms in total. The minimum atomic E-state index is -0.732. The number of ether oxygens (including phenoxy) is 2. The van der Waals surface area contributed by atoms with Crippen molar-refractivity contribution in [3.8, 4) is 0 Å². The van der Waals surface area contributed by atoms with Gasteiger partial charge in [-0.3, -0.25) is 14.4 Å². The topological polar surface area (TPSA) is 76.2 Å². The van der Waals surface area contributed by atoms with Crippen LogP contribution in [0.1, 0.15) is 195 Å². The lowest BCUT2D eigenvalue weighted by Gasteiger charge is -2.23. The molecule has 2 unspecified atom stereocenters. The summed E-state index contributed by atoms with van der Waals surface area (Å²) in [5, 5.41) is 0. The molecule has 1 heterocycles. The van der Waals surface area contributed by atoms with Crippen molar-refractivity contribution in [1.29, 1.82) is 0 Å².